The van der Waals surface area contributed by atoms with E-state index in [2.05, 4.69) is 27.8 Å². The molecule has 2 aromatic rings. The molecule has 1 amide bonds. The summed E-state index contributed by atoms with van der Waals surface area (Å²) < 4.78 is 0. The third-order valence-electron chi connectivity index (χ3n) is 2.93. The first-order valence-corrected chi connectivity index (χ1v) is 6.93. The number of hydrogen-bond acceptors (Lipinski definition) is 3. The molecule has 0 saturated heterocycles. The van der Waals surface area contributed by atoms with Crippen LogP contribution in [0.25, 0.3) is 0 Å². The number of aryl methyl sites for hydroxylation is 1. The van der Waals surface area contributed by atoms with Gasteiger partial charge in [-0.2, -0.15) is 5.10 Å². The van der Waals surface area contributed by atoms with E-state index < -0.39 is 0 Å². The summed E-state index contributed by atoms with van der Waals surface area (Å²) in [6.45, 7) is 4.87. The van der Waals surface area contributed by atoms with Crippen molar-refractivity contribution < 1.29 is 4.79 Å². The van der Waals surface area contributed by atoms with Crippen molar-refractivity contribution >= 4 is 17.4 Å². The molecule has 3 N–H and O–H groups in total. The topological polar surface area (TPSA) is 69.8 Å². The maximum atomic E-state index is 12.3. The first kappa shape index (κ1) is 14.1. The van der Waals surface area contributed by atoms with Crippen LogP contribution >= 0.6 is 0 Å². The summed E-state index contributed by atoms with van der Waals surface area (Å²) in [6, 6.07) is 9.32. The maximum Gasteiger partial charge on any atom is 0.258 e. The summed E-state index contributed by atoms with van der Waals surface area (Å²) >= 11 is 0. The molecule has 2 rings (SSSR count). The Bertz CT molecular complexity index is 577. The van der Waals surface area contributed by atoms with Crippen LogP contribution in [-0.2, 0) is 6.42 Å². The molecule has 5 nitrogen and oxygen atoms in total. The van der Waals surface area contributed by atoms with Gasteiger partial charge in [0.15, 0.2) is 5.82 Å². The lowest BCUT2D eigenvalue weighted by Gasteiger charge is -2.09. The van der Waals surface area contributed by atoms with Crippen LogP contribution in [0.5, 0.6) is 0 Å². The second-order valence-corrected chi connectivity index (χ2v) is 4.56. The Morgan fingerprint density at radius 2 is 2.10 bits per heavy atom. The first-order chi connectivity index (χ1) is 9.74. The second kappa shape index (κ2) is 6.75. The lowest BCUT2D eigenvalue weighted by molar-refractivity contribution is 0.102. The van der Waals surface area contributed by atoms with Crippen LogP contribution < -0.4 is 10.6 Å². The Hall–Kier alpha value is -2.30. The molecule has 0 aliphatic rings. The Morgan fingerprint density at radius 3 is 2.85 bits per heavy atom. The van der Waals surface area contributed by atoms with Gasteiger partial charge < -0.3 is 10.6 Å². The van der Waals surface area contributed by atoms with Gasteiger partial charge in [0, 0.05) is 24.0 Å². The number of aromatic nitrogens is 2. The molecule has 1 aromatic heterocycles. The molecule has 1 heterocycles. The zero-order valence-corrected chi connectivity index (χ0v) is 11.9. The average Bonchev–Trinajstić information content (AvgIpc) is 2.87. The number of rotatable bonds is 6. The van der Waals surface area contributed by atoms with E-state index in [1.807, 2.05) is 31.2 Å². The van der Waals surface area contributed by atoms with Gasteiger partial charge in [0.1, 0.15) is 0 Å². The Balaban J connectivity index is 2.11. The number of nitrogens with one attached hydrogen (secondary N) is 3. The first-order valence-electron chi connectivity index (χ1n) is 6.93. The van der Waals surface area contributed by atoms with Gasteiger partial charge in [-0.25, -0.2) is 0 Å². The molecule has 0 bridgehead atoms. The quantitative estimate of drug-likeness (QED) is 0.757. The summed E-state index contributed by atoms with van der Waals surface area (Å²) in [5, 5.41) is 13.0. The van der Waals surface area contributed by atoms with Crippen LogP contribution in [0.2, 0.25) is 0 Å². The molecular formula is C15H20N4O. The van der Waals surface area contributed by atoms with E-state index in [0.29, 0.717) is 11.4 Å². The third-order valence-corrected chi connectivity index (χ3v) is 2.93. The molecule has 0 unspecified atom stereocenters. The average molecular weight is 272 g/mol. The number of carbonyl (C=O) groups is 1. The van der Waals surface area contributed by atoms with Crippen LogP contribution in [-0.4, -0.2) is 22.6 Å². The van der Waals surface area contributed by atoms with Crippen molar-refractivity contribution in [2.75, 3.05) is 17.2 Å². The molecule has 0 fully saturated rings. The lowest BCUT2D eigenvalue weighted by atomic mass is 10.1. The fourth-order valence-corrected chi connectivity index (χ4v) is 2.03. The zero-order chi connectivity index (χ0) is 14.4. The van der Waals surface area contributed by atoms with Crippen molar-refractivity contribution in [3.8, 4) is 0 Å². The van der Waals surface area contributed by atoms with Gasteiger partial charge in [-0.15, -0.1) is 0 Å². The van der Waals surface area contributed by atoms with Crippen LogP contribution in [0.3, 0.4) is 0 Å². The summed E-state index contributed by atoms with van der Waals surface area (Å²) in [5.74, 6) is 0.404. The lowest BCUT2D eigenvalue weighted by Crippen LogP contribution is -2.15. The van der Waals surface area contributed by atoms with Crippen molar-refractivity contribution in [2.24, 2.45) is 0 Å². The highest BCUT2D eigenvalue weighted by molar-refractivity contribution is 6.07. The van der Waals surface area contributed by atoms with Crippen molar-refractivity contribution in [2.45, 2.75) is 26.7 Å². The molecule has 0 atom stereocenters. The van der Waals surface area contributed by atoms with Crippen molar-refractivity contribution in [3.63, 3.8) is 0 Å². The van der Waals surface area contributed by atoms with Gasteiger partial charge in [-0.3, -0.25) is 9.89 Å². The molecule has 0 aliphatic carbocycles. The molecule has 0 saturated carbocycles. The largest absolute Gasteiger partial charge is 0.385 e. The van der Waals surface area contributed by atoms with Gasteiger partial charge in [0.25, 0.3) is 5.91 Å². The predicted octanol–water partition coefficient (Wildman–Crippen LogP) is 3.05. The number of carbonyl (C=O) groups excluding carboxylic acids is 1. The number of hydrogen-bond donors (Lipinski definition) is 3. The van der Waals surface area contributed by atoms with Gasteiger partial charge in [0.05, 0.1) is 5.56 Å². The minimum absolute atomic E-state index is 0.156. The molecule has 0 spiro atoms. The van der Waals surface area contributed by atoms with E-state index >= 15 is 0 Å². The molecule has 1 aromatic carbocycles. The van der Waals surface area contributed by atoms with E-state index in [-0.39, 0.29) is 5.91 Å². The van der Waals surface area contributed by atoms with Crippen LogP contribution in [0, 0.1) is 0 Å². The highest BCUT2D eigenvalue weighted by atomic mass is 16.1. The molecule has 106 valence electrons. The van der Waals surface area contributed by atoms with Crippen molar-refractivity contribution in [1.82, 2.24) is 10.2 Å². The monoisotopic (exact) mass is 272 g/mol. The summed E-state index contributed by atoms with van der Waals surface area (Å²) in [6.07, 6.45) is 1.97. The SMILES string of the molecule is CCCc1cc(NC(=O)c2ccccc2NCC)n[nH]1. The fourth-order valence-electron chi connectivity index (χ4n) is 2.03. The molecule has 0 aliphatic heterocycles. The number of aromatic amines is 1. The molecular weight excluding hydrogens is 252 g/mol. The number of nitrogens with zero attached hydrogens (tertiary/aromatic N) is 1. The highest BCUT2D eigenvalue weighted by Gasteiger charge is 2.12. The normalized spacial score (nSPS) is 10.3. The van der Waals surface area contributed by atoms with Crippen molar-refractivity contribution in [3.05, 3.63) is 41.6 Å². The molecule has 20 heavy (non-hydrogen) atoms. The Kier molecular flexibility index (Phi) is 4.76. The summed E-state index contributed by atoms with van der Waals surface area (Å²) in [7, 11) is 0. The van der Waals surface area contributed by atoms with E-state index in [1.165, 1.54) is 0 Å². The summed E-state index contributed by atoms with van der Waals surface area (Å²) in [4.78, 5) is 12.3. The van der Waals surface area contributed by atoms with E-state index in [4.69, 9.17) is 0 Å². The van der Waals surface area contributed by atoms with Crippen LogP contribution in [0.1, 0.15) is 36.3 Å². The Labute approximate surface area is 118 Å². The zero-order valence-electron chi connectivity index (χ0n) is 11.9. The van der Waals surface area contributed by atoms with E-state index in [1.54, 1.807) is 6.07 Å². The minimum Gasteiger partial charge on any atom is -0.385 e. The molecule has 0 radical (unpaired) electrons. The highest BCUT2D eigenvalue weighted by Crippen LogP contribution is 2.17. The predicted molar refractivity (Wildman–Crippen MR) is 81.1 cm³/mol. The molecule has 5 heteroatoms. The summed E-state index contributed by atoms with van der Waals surface area (Å²) in [5.41, 5.74) is 2.48. The number of para-hydroxylation sites is 1. The van der Waals surface area contributed by atoms with E-state index in [9.17, 15) is 4.79 Å². The van der Waals surface area contributed by atoms with Gasteiger partial charge in [0.2, 0.25) is 0 Å². The third kappa shape index (κ3) is 3.38. The minimum atomic E-state index is -0.156. The van der Waals surface area contributed by atoms with Crippen LogP contribution in [0.15, 0.2) is 30.3 Å². The van der Waals surface area contributed by atoms with Crippen molar-refractivity contribution in [1.29, 1.82) is 0 Å². The number of benzene rings is 1. The van der Waals surface area contributed by atoms with Gasteiger partial charge >= 0.3 is 0 Å². The maximum absolute atomic E-state index is 12.3. The van der Waals surface area contributed by atoms with Gasteiger partial charge in [-0.05, 0) is 25.5 Å². The Morgan fingerprint density at radius 1 is 1.30 bits per heavy atom. The number of anilines is 2. The van der Waals surface area contributed by atoms with Gasteiger partial charge in [-0.1, -0.05) is 25.5 Å². The number of H-pyrrole nitrogens is 1. The van der Waals surface area contributed by atoms with Crippen LogP contribution in [0.4, 0.5) is 11.5 Å². The van der Waals surface area contributed by atoms with E-state index in [0.717, 1.165) is 30.8 Å². The second-order valence-electron chi connectivity index (χ2n) is 4.56. The fraction of sp³-hybridized carbons (Fsp3) is 0.333. The standard InChI is InChI=1S/C15H20N4O/c1-3-7-11-10-14(19-18-11)17-15(20)12-8-5-6-9-13(12)16-4-2/h5-6,8-10,16H,3-4,7H2,1-2H3,(H2,17,18,19,20). The number of amides is 1. The smallest absolute Gasteiger partial charge is 0.258 e.